The minimum Gasteiger partial charge on any atom is -0.306 e. The topological polar surface area (TPSA) is 52.2 Å². The fourth-order valence-electron chi connectivity index (χ4n) is 3.30. The van der Waals surface area contributed by atoms with E-state index in [1.54, 1.807) is 6.07 Å². The number of nitrogens with one attached hydrogen (secondary N) is 1. The van der Waals surface area contributed by atoms with E-state index >= 15 is 0 Å². The van der Waals surface area contributed by atoms with Crippen molar-refractivity contribution in [1.82, 2.24) is 19.8 Å². The SMILES string of the molecule is CN1CCN(Cc2cccc(-c3nc4ccccc4c(=O)[nH]3)c2)CC1. The van der Waals surface area contributed by atoms with Gasteiger partial charge < -0.3 is 9.88 Å². The third kappa shape index (κ3) is 3.48. The minimum absolute atomic E-state index is 0.0925. The average Bonchev–Trinajstić information content (AvgIpc) is 2.64. The Morgan fingerprint density at radius 2 is 1.84 bits per heavy atom. The van der Waals surface area contributed by atoms with Crippen LogP contribution in [-0.2, 0) is 6.54 Å². The van der Waals surface area contributed by atoms with E-state index in [1.165, 1.54) is 5.56 Å². The molecule has 0 saturated carbocycles. The molecular formula is C20H22N4O. The molecule has 128 valence electrons. The van der Waals surface area contributed by atoms with E-state index in [-0.39, 0.29) is 5.56 Å². The first kappa shape index (κ1) is 16.0. The lowest BCUT2D eigenvalue weighted by Gasteiger charge is -2.32. The molecule has 1 aliphatic heterocycles. The number of piperazine rings is 1. The molecule has 0 unspecified atom stereocenters. The Morgan fingerprint density at radius 3 is 2.68 bits per heavy atom. The highest BCUT2D eigenvalue weighted by molar-refractivity contribution is 5.79. The number of benzene rings is 2. The summed E-state index contributed by atoms with van der Waals surface area (Å²) in [5, 5.41) is 0.625. The van der Waals surface area contributed by atoms with Gasteiger partial charge in [0, 0.05) is 38.3 Å². The highest BCUT2D eigenvalue weighted by atomic mass is 16.1. The lowest BCUT2D eigenvalue weighted by Crippen LogP contribution is -2.43. The molecule has 0 spiro atoms. The van der Waals surface area contributed by atoms with Gasteiger partial charge in [-0.05, 0) is 30.8 Å². The van der Waals surface area contributed by atoms with Crippen LogP contribution < -0.4 is 5.56 Å². The fourth-order valence-corrected chi connectivity index (χ4v) is 3.30. The zero-order chi connectivity index (χ0) is 17.2. The maximum Gasteiger partial charge on any atom is 0.259 e. The smallest absolute Gasteiger partial charge is 0.259 e. The summed E-state index contributed by atoms with van der Waals surface area (Å²) < 4.78 is 0. The predicted molar refractivity (Wildman–Crippen MR) is 101 cm³/mol. The van der Waals surface area contributed by atoms with Crippen LogP contribution in [-0.4, -0.2) is 53.0 Å². The van der Waals surface area contributed by atoms with Crippen molar-refractivity contribution in [2.24, 2.45) is 0 Å². The Kier molecular flexibility index (Phi) is 4.34. The van der Waals surface area contributed by atoms with Gasteiger partial charge in [-0.1, -0.05) is 30.3 Å². The molecule has 5 heteroatoms. The summed E-state index contributed by atoms with van der Waals surface area (Å²) in [5.41, 5.74) is 2.84. The minimum atomic E-state index is -0.0925. The molecule has 0 atom stereocenters. The van der Waals surface area contributed by atoms with E-state index in [4.69, 9.17) is 0 Å². The Hall–Kier alpha value is -2.50. The van der Waals surface area contributed by atoms with Gasteiger partial charge in [0.15, 0.2) is 0 Å². The van der Waals surface area contributed by atoms with Gasteiger partial charge in [-0.25, -0.2) is 4.98 Å². The van der Waals surface area contributed by atoms with Crippen molar-refractivity contribution in [2.45, 2.75) is 6.54 Å². The van der Waals surface area contributed by atoms with Crippen molar-refractivity contribution in [2.75, 3.05) is 33.2 Å². The summed E-state index contributed by atoms with van der Waals surface area (Å²) in [7, 11) is 2.17. The Labute approximate surface area is 146 Å². The van der Waals surface area contributed by atoms with Crippen LogP contribution in [0.15, 0.2) is 53.3 Å². The van der Waals surface area contributed by atoms with Crippen LogP contribution in [0.2, 0.25) is 0 Å². The summed E-state index contributed by atoms with van der Waals surface area (Å²) in [4.78, 5) is 24.7. The van der Waals surface area contributed by atoms with Gasteiger partial charge in [0.2, 0.25) is 0 Å². The number of fused-ring (bicyclic) bond motifs is 1. The summed E-state index contributed by atoms with van der Waals surface area (Å²) in [6.07, 6.45) is 0. The zero-order valence-electron chi connectivity index (χ0n) is 14.4. The highest BCUT2D eigenvalue weighted by Gasteiger charge is 2.14. The molecule has 1 saturated heterocycles. The largest absolute Gasteiger partial charge is 0.306 e. The maximum absolute atomic E-state index is 12.3. The molecule has 1 aromatic heterocycles. The van der Waals surface area contributed by atoms with Gasteiger partial charge in [0.05, 0.1) is 10.9 Å². The second-order valence-corrected chi connectivity index (χ2v) is 6.71. The highest BCUT2D eigenvalue weighted by Crippen LogP contribution is 2.19. The normalized spacial score (nSPS) is 16.4. The van der Waals surface area contributed by atoms with Gasteiger partial charge in [0.1, 0.15) is 5.82 Å². The number of hydrogen-bond acceptors (Lipinski definition) is 4. The molecule has 0 amide bonds. The fraction of sp³-hybridized carbons (Fsp3) is 0.300. The number of nitrogens with zero attached hydrogens (tertiary/aromatic N) is 3. The first-order valence-corrected chi connectivity index (χ1v) is 8.68. The van der Waals surface area contributed by atoms with Crippen molar-refractivity contribution in [3.63, 3.8) is 0 Å². The standard InChI is InChI=1S/C20H22N4O/c1-23-9-11-24(12-10-23)14-15-5-4-6-16(13-15)19-21-18-8-3-2-7-17(18)20(25)22-19/h2-8,13H,9-12,14H2,1H3,(H,21,22,25). The molecule has 4 rings (SSSR count). The van der Waals surface area contributed by atoms with Gasteiger partial charge in [-0.15, -0.1) is 0 Å². The summed E-state index contributed by atoms with van der Waals surface area (Å²) >= 11 is 0. The van der Waals surface area contributed by atoms with Gasteiger partial charge in [-0.2, -0.15) is 0 Å². The number of hydrogen-bond donors (Lipinski definition) is 1. The van der Waals surface area contributed by atoms with Gasteiger partial charge in [-0.3, -0.25) is 9.69 Å². The van der Waals surface area contributed by atoms with Crippen LogP contribution in [0.25, 0.3) is 22.3 Å². The summed E-state index contributed by atoms with van der Waals surface area (Å²) in [6, 6.07) is 15.7. The van der Waals surface area contributed by atoms with Gasteiger partial charge in [0.25, 0.3) is 5.56 Å². The molecule has 3 aromatic rings. The van der Waals surface area contributed by atoms with Crippen LogP contribution in [0.3, 0.4) is 0 Å². The molecule has 1 N–H and O–H groups in total. The van der Waals surface area contributed by atoms with E-state index < -0.39 is 0 Å². The number of likely N-dealkylation sites (N-methyl/N-ethyl adjacent to an activating group) is 1. The van der Waals surface area contributed by atoms with E-state index in [9.17, 15) is 4.79 Å². The molecular weight excluding hydrogens is 312 g/mol. The molecule has 5 nitrogen and oxygen atoms in total. The summed E-state index contributed by atoms with van der Waals surface area (Å²) in [5.74, 6) is 0.629. The Morgan fingerprint density at radius 1 is 1.04 bits per heavy atom. The molecule has 1 aliphatic rings. The molecule has 25 heavy (non-hydrogen) atoms. The quantitative estimate of drug-likeness (QED) is 0.799. The molecule has 2 aromatic carbocycles. The molecule has 2 heterocycles. The van der Waals surface area contributed by atoms with Crippen LogP contribution >= 0.6 is 0 Å². The maximum atomic E-state index is 12.3. The van der Waals surface area contributed by atoms with E-state index in [0.29, 0.717) is 11.2 Å². The first-order valence-electron chi connectivity index (χ1n) is 8.68. The molecule has 0 aliphatic carbocycles. The van der Waals surface area contributed by atoms with Crippen LogP contribution in [0, 0.1) is 0 Å². The lowest BCUT2D eigenvalue weighted by atomic mass is 10.1. The average molecular weight is 334 g/mol. The third-order valence-electron chi connectivity index (χ3n) is 4.82. The van der Waals surface area contributed by atoms with Crippen LogP contribution in [0.4, 0.5) is 0 Å². The van der Waals surface area contributed by atoms with E-state index in [1.807, 2.05) is 30.3 Å². The Balaban J connectivity index is 1.62. The van der Waals surface area contributed by atoms with Crippen LogP contribution in [0.1, 0.15) is 5.56 Å². The zero-order valence-corrected chi connectivity index (χ0v) is 14.4. The lowest BCUT2D eigenvalue weighted by molar-refractivity contribution is 0.148. The van der Waals surface area contributed by atoms with Crippen LogP contribution in [0.5, 0.6) is 0 Å². The first-order chi connectivity index (χ1) is 12.2. The Bertz CT molecular complexity index is 942. The third-order valence-corrected chi connectivity index (χ3v) is 4.82. The predicted octanol–water partition coefficient (Wildman–Crippen LogP) is 2.34. The monoisotopic (exact) mass is 334 g/mol. The number of rotatable bonds is 3. The molecule has 1 fully saturated rings. The van der Waals surface area contributed by atoms with Crippen molar-refractivity contribution >= 4 is 10.9 Å². The number of para-hydroxylation sites is 1. The van der Waals surface area contributed by atoms with E-state index in [0.717, 1.165) is 43.8 Å². The van der Waals surface area contributed by atoms with E-state index in [2.05, 4.69) is 38.9 Å². The number of aromatic nitrogens is 2. The summed E-state index contributed by atoms with van der Waals surface area (Å²) in [6.45, 7) is 5.33. The molecule has 0 radical (unpaired) electrons. The number of aromatic amines is 1. The van der Waals surface area contributed by atoms with Gasteiger partial charge >= 0.3 is 0 Å². The second-order valence-electron chi connectivity index (χ2n) is 6.71. The molecule has 0 bridgehead atoms. The second kappa shape index (κ2) is 6.78. The number of H-pyrrole nitrogens is 1. The van der Waals surface area contributed by atoms with Crippen molar-refractivity contribution < 1.29 is 0 Å². The van der Waals surface area contributed by atoms with Crippen molar-refractivity contribution in [3.8, 4) is 11.4 Å². The van der Waals surface area contributed by atoms with Crippen molar-refractivity contribution in [1.29, 1.82) is 0 Å². The van der Waals surface area contributed by atoms with Crippen molar-refractivity contribution in [3.05, 3.63) is 64.4 Å².